The van der Waals surface area contributed by atoms with E-state index in [9.17, 15) is 4.79 Å². The Hall–Kier alpha value is -2.35. The van der Waals surface area contributed by atoms with Crippen molar-refractivity contribution in [1.29, 1.82) is 0 Å². The molecule has 3 aromatic rings. The van der Waals surface area contributed by atoms with Gasteiger partial charge in [0.05, 0.1) is 5.75 Å². The number of H-pyrrole nitrogens is 1. The molecule has 1 aromatic carbocycles. The Morgan fingerprint density at radius 2 is 2.15 bits per heavy atom. The van der Waals surface area contributed by atoms with E-state index >= 15 is 0 Å². The highest BCUT2D eigenvalue weighted by atomic mass is 32.2. The molecular formula is C12H12N6OS. The molecule has 2 N–H and O–H groups in total. The van der Waals surface area contributed by atoms with Crippen LogP contribution in [-0.2, 0) is 4.79 Å². The Morgan fingerprint density at radius 3 is 2.95 bits per heavy atom. The van der Waals surface area contributed by atoms with Gasteiger partial charge in [0.25, 0.3) is 5.78 Å². The van der Waals surface area contributed by atoms with Crippen LogP contribution >= 0.6 is 11.8 Å². The van der Waals surface area contributed by atoms with Crippen molar-refractivity contribution in [1.82, 2.24) is 24.8 Å². The number of nitrogens with one attached hydrogen (secondary N) is 2. The normalized spacial score (nSPS) is 10.8. The number of carbonyl (C=O) groups is 1. The minimum Gasteiger partial charge on any atom is -0.325 e. The molecule has 2 heterocycles. The molecule has 0 aliphatic rings. The van der Waals surface area contributed by atoms with Gasteiger partial charge in [-0.15, -0.1) is 10.2 Å². The van der Waals surface area contributed by atoms with Crippen molar-refractivity contribution in [2.75, 3.05) is 11.1 Å². The lowest BCUT2D eigenvalue weighted by Gasteiger charge is -2.04. The van der Waals surface area contributed by atoms with Crippen LogP contribution in [0, 0.1) is 6.92 Å². The van der Waals surface area contributed by atoms with Crippen LogP contribution in [0.1, 0.15) is 5.56 Å². The fraction of sp³-hybridized carbons (Fsp3) is 0.167. The third-order valence-corrected chi connectivity index (χ3v) is 3.58. The third kappa shape index (κ3) is 2.64. The minimum atomic E-state index is -0.0879. The van der Waals surface area contributed by atoms with Crippen LogP contribution in [0.4, 0.5) is 5.69 Å². The first kappa shape index (κ1) is 12.7. The molecule has 0 saturated carbocycles. The maximum atomic E-state index is 11.9. The second-order valence-corrected chi connectivity index (χ2v) is 5.15. The molecule has 2 aromatic heterocycles. The fourth-order valence-corrected chi connectivity index (χ4v) is 2.36. The molecule has 20 heavy (non-hydrogen) atoms. The van der Waals surface area contributed by atoms with Gasteiger partial charge in [0.2, 0.25) is 11.1 Å². The molecule has 8 heteroatoms. The van der Waals surface area contributed by atoms with Crippen LogP contribution in [0.5, 0.6) is 0 Å². The molecule has 102 valence electrons. The molecule has 7 nitrogen and oxygen atoms in total. The number of fused-ring (bicyclic) bond motifs is 1. The number of benzene rings is 1. The van der Waals surface area contributed by atoms with E-state index in [0.29, 0.717) is 10.9 Å². The highest BCUT2D eigenvalue weighted by Gasteiger charge is 2.10. The van der Waals surface area contributed by atoms with Crippen LogP contribution < -0.4 is 5.32 Å². The summed E-state index contributed by atoms with van der Waals surface area (Å²) in [7, 11) is 0. The summed E-state index contributed by atoms with van der Waals surface area (Å²) in [6.45, 7) is 2.00. The van der Waals surface area contributed by atoms with Crippen LogP contribution in [0.25, 0.3) is 5.78 Å². The molecule has 0 bridgehead atoms. The predicted molar refractivity (Wildman–Crippen MR) is 75.7 cm³/mol. The fourth-order valence-electron chi connectivity index (χ4n) is 1.66. The second kappa shape index (κ2) is 5.33. The van der Waals surface area contributed by atoms with Crippen molar-refractivity contribution in [3.8, 4) is 0 Å². The first-order valence-electron chi connectivity index (χ1n) is 5.96. The summed E-state index contributed by atoms with van der Waals surface area (Å²) in [5.74, 6) is 0.662. The number of aromatic amines is 1. The number of thioether (sulfide) groups is 1. The van der Waals surface area contributed by atoms with Crippen molar-refractivity contribution < 1.29 is 4.79 Å². The Kier molecular flexibility index (Phi) is 3.38. The van der Waals surface area contributed by atoms with E-state index in [4.69, 9.17) is 0 Å². The maximum absolute atomic E-state index is 11.9. The van der Waals surface area contributed by atoms with E-state index in [2.05, 4.69) is 25.6 Å². The summed E-state index contributed by atoms with van der Waals surface area (Å²) in [6.07, 6.45) is 1.53. The number of anilines is 1. The van der Waals surface area contributed by atoms with E-state index in [1.165, 1.54) is 18.1 Å². The van der Waals surface area contributed by atoms with Crippen LogP contribution in [0.2, 0.25) is 0 Å². The highest BCUT2D eigenvalue weighted by Crippen LogP contribution is 2.15. The van der Waals surface area contributed by atoms with Crippen LogP contribution in [-0.4, -0.2) is 36.5 Å². The van der Waals surface area contributed by atoms with Gasteiger partial charge in [-0.25, -0.2) is 0 Å². The molecule has 0 radical (unpaired) electrons. The van der Waals surface area contributed by atoms with E-state index < -0.39 is 0 Å². The number of aromatic nitrogens is 5. The Bertz CT molecular complexity index is 732. The van der Waals surface area contributed by atoms with Gasteiger partial charge in [-0.05, 0) is 19.1 Å². The van der Waals surface area contributed by atoms with Gasteiger partial charge < -0.3 is 5.32 Å². The lowest BCUT2D eigenvalue weighted by Crippen LogP contribution is -2.14. The first-order chi connectivity index (χ1) is 9.72. The van der Waals surface area contributed by atoms with Gasteiger partial charge in [0.15, 0.2) is 0 Å². The number of amides is 1. The van der Waals surface area contributed by atoms with Crippen LogP contribution in [0.3, 0.4) is 0 Å². The number of nitrogens with zero attached hydrogens (tertiary/aromatic N) is 4. The molecule has 0 saturated heterocycles. The van der Waals surface area contributed by atoms with Crippen molar-refractivity contribution >= 4 is 29.1 Å². The molecule has 1 amide bonds. The second-order valence-electron chi connectivity index (χ2n) is 4.21. The van der Waals surface area contributed by atoms with Crippen molar-refractivity contribution in [3.05, 3.63) is 36.2 Å². The molecule has 0 atom stereocenters. The summed E-state index contributed by atoms with van der Waals surface area (Å²) in [4.78, 5) is 15.8. The van der Waals surface area contributed by atoms with E-state index in [1.54, 1.807) is 4.52 Å². The Balaban J connectivity index is 1.59. The zero-order valence-electron chi connectivity index (χ0n) is 10.7. The molecule has 0 fully saturated rings. The topological polar surface area (TPSA) is 88.0 Å². The number of rotatable bonds is 4. The van der Waals surface area contributed by atoms with Gasteiger partial charge in [-0.2, -0.15) is 9.50 Å². The summed E-state index contributed by atoms with van der Waals surface area (Å²) in [5.41, 5.74) is 1.94. The number of hydrogen-bond donors (Lipinski definition) is 2. The lowest BCUT2D eigenvalue weighted by molar-refractivity contribution is -0.113. The van der Waals surface area contributed by atoms with E-state index in [1.807, 2.05) is 31.2 Å². The van der Waals surface area contributed by atoms with Crippen molar-refractivity contribution in [2.24, 2.45) is 0 Å². The molecule has 0 aliphatic heterocycles. The van der Waals surface area contributed by atoms with Gasteiger partial charge in [-0.1, -0.05) is 29.5 Å². The summed E-state index contributed by atoms with van der Waals surface area (Å²) in [5, 5.41) is 14.1. The first-order valence-corrected chi connectivity index (χ1v) is 6.95. The standard InChI is InChI=1S/C12H12N6OS/c1-8-2-4-9(5-3-8)15-10(19)6-20-12-17-16-11-13-7-14-18(11)12/h2-5,7H,6H2,1H3,(H,15,19)(H,13,14,16). The van der Waals surface area contributed by atoms with Gasteiger partial charge >= 0.3 is 0 Å². The van der Waals surface area contributed by atoms with Crippen LogP contribution in [0.15, 0.2) is 35.7 Å². The molecule has 0 spiro atoms. The smallest absolute Gasteiger partial charge is 0.272 e. The third-order valence-electron chi connectivity index (χ3n) is 2.65. The average molecular weight is 288 g/mol. The van der Waals surface area contributed by atoms with Crippen molar-refractivity contribution in [2.45, 2.75) is 12.1 Å². The lowest BCUT2D eigenvalue weighted by atomic mass is 10.2. The number of carbonyl (C=O) groups excluding carboxylic acids is 1. The average Bonchev–Trinajstić information content (AvgIpc) is 3.02. The minimum absolute atomic E-state index is 0.0879. The number of hydrogen-bond acceptors (Lipinski definition) is 5. The highest BCUT2D eigenvalue weighted by molar-refractivity contribution is 7.99. The summed E-state index contributed by atoms with van der Waals surface area (Å²) < 4.78 is 1.63. The quantitative estimate of drug-likeness (QED) is 0.710. The van der Waals surface area contributed by atoms with Gasteiger partial charge in [0, 0.05) is 5.69 Å². The number of aryl methyl sites for hydroxylation is 1. The van der Waals surface area contributed by atoms with E-state index in [-0.39, 0.29) is 11.7 Å². The molecule has 0 aliphatic carbocycles. The summed E-state index contributed by atoms with van der Waals surface area (Å²) >= 11 is 1.30. The zero-order chi connectivity index (χ0) is 13.9. The van der Waals surface area contributed by atoms with E-state index in [0.717, 1.165) is 11.3 Å². The van der Waals surface area contributed by atoms with Gasteiger partial charge in [0.1, 0.15) is 6.33 Å². The summed E-state index contributed by atoms with van der Waals surface area (Å²) in [6, 6.07) is 7.66. The molecule has 0 unspecified atom stereocenters. The van der Waals surface area contributed by atoms with Gasteiger partial charge in [-0.3, -0.25) is 9.89 Å². The zero-order valence-corrected chi connectivity index (χ0v) is 11.5. The largest absolute Gasteiger partial charge is 0.325 e. The predicted octanol–water partition coefficient (Wildman–Crippen LogP) is 1.49. The van der Waals surface area contributed by atoms with Crippen molar-refractivity contribution in [3.63, 3.8) is 0 Å². The maximum Gasteiger partial charge on any atom is 0.272 e. The molecular weight excluding hydrogens is 276 g/mol. The SMILES string of the molecule is Cc1ccc(NC(=O)CSc2nnc3nc[nH]n23)cc1. The molecule has 3 rings (SSSR count). The monoisotopic (exact) mass is 288 g/mol. The Morgan fingerprint density at radius 1 is 1.35 bits per heavy atom. The Labute approximate surface area is 118 Å².